The van der Waals surface area contributed by atoms with Gasteiger partial charge in [-0.15, -0.1) is 0 Å². The van der Waals surface area contributed by atoms with E-state index in [-0.39, 0.29) is 37.0 Å². The number of rotatable bonds is 9. The molecule has 2 aromatic carbocycles. The van der Waals surface area contributed by atoms with E-state index in [2.05, 4.69) is 5.32 Å². The predicted molar refractivity (Wildman–Crippen MR) is 114 cm³/mol. The number of alkyl halides is 1. The molecule has 3 rings (SSSR count). The molecule has 0 bridgehead atoms. The number of morpholine rings is 1. The summed E-state index contributed by atoms with van der Waals surface area (Å²) in [5.41, 5.74) is -0.502. The number of hydrogen-bond donors (Lipinski definition) is 1. The van der Waals surface area contributed by atoms with Gasteiger partial charge in [0.1, 0.15) is 11.4 Å². The fraction of sp³-hybridized carbons (Fsp3) is 0.409. The molecule has 1 aliphatic rings. The zero-order chi connectivity index (χ0) is 22.4. The SMILES string of the molecule is CN1CCOC(c2ccc(NCC(C)(F)COCc3ccccc3)c([N+](=O)[O-])c2)C1=O. The summed E-state index contributed by atoms with van der Waals surface area (Å²) in [5.74, 6) is -0.256. The first kappa shape index (κ1) is 22.6. The standard InChI is InChI=1S/C22H26FN3O5/c1-22(23,15-30-13-16-6-4-3-5-7-16)14-24-18-9-8-17(12-19(18)26(28)29)20-21(27)25(2)10-11-31-20/h3-9,12,20,24H,10-11,13-15H2,1-2H3. The smallest absolute Gasteiger partial charge is 0.292 e. The van der Waals surface area contributed by atoms with Crippen LogP contribution in [0.1, 0.15) is 24.2 Å². The maximum atomic E-state index is 14.8. The van der Waals surface area contributed by atoms with Gasteiger partial charge < -0.3 is 19.7 Å². The molecule has 31 heavy (non-hydrogen) atoms. The lowest BCUT2D eigenvalue weighted by Gasteiger charge is -2.29. The van der Waals surface area contributed by atoms with Crippen LogP contribution in [0.2, 0.25) is 0 Å². The Kier molecular flexibility index (Phi) is 7.19. The first-order chi connectivity index (χ1) is 14.8. The van der Waals surface area contributed by atoms with Crippen molar-refractivity contribution >= 4 is 17.3 Å². The molecule has 0 spiro atoms. The summed E-state index contributed by atoms with van der Waals surface area (Å²) in [6, 6.07) is 13.8. The highest BCUT2D eigenvalue weighted by Gasteiger charge is 2.31. The van der Waals surface area contributed by atoms with Crippen molar-refractivity contribution in [3.8, 4) is 0 Å². The Morgan fingerprint density at radius 2 is 2.06 bits per heavy atom. The normalized spacial score (nSPS) is 18.5. The number of nitrogens with one attached hydrogen (secondary N) is 1. The zero-order valence-corrected chi connectivity index (χ0v) is 17.5. The lowest BCUT2D eigenvalue weighted by Crippen LogP contribution is -2.40. The van der Waals surface area contributed by atoms with Gasteiger partial charge in [-0.05, 0) is 24.1 Å². The number of amides is 1. The van der Waals surface area contributed by atoms with Crippen molar-refractivity contribution in [2.75, 3.05) is 38.7 Å². The average molecular weight is 431 g/mol. The third-order valence-electron chi connectivity index (χ3n) is 4.99. The van der Waals surface area contributed by atoms with E-state index in [0.717, 1.165) is 5.56 Å². The molecule has 2 aromatic rings. The highest BCUT2D eigenvalue weighted by atomic mass is 19.1. The van der Waals surface area contributed by atoms with E-state index in [1.165, 1.54) is 24.0 Å². The van der Waals surface area contributed by atoms with Gasteiger partial charge in [-0.1, -0.05) is 36.4 Å². The number of halogens is 1. The number of nitrogens with zero attached hydrogens (tertiary/aromatic N) is 2. The van der Waals surface area contributed by atoms with Crippen LogP contribution in [0.4, 0.5) is 15.8 Å². The van der Waals surface area contributed by atoms with Crippen molar-refractivity contribution in [2.24, 2.45) is 0 Å². The summed E-state index contributed by atoms with van der Waals surface area (Å²) in [6.45, 7) is 2.12. The summed E-state index contributed by atoms with van der Waals surface area (Å²) >= 11 is 0. The minimum Gasteiger partial charge on any atom is -0.376 e. The van der Waals surface area contributed by atoms with Crippen LogP contribution in [-0.4, -0.2) is 54.8 Å². The van der Waals surface area contributed by atoms with Gasteiger partial charge in [0.25, 0.3) is 11.6 Å². The number of carbonyl (C=O) groups is 1. The molecule has 1 N–H and O–H groups in total. The number of nitro benzene ring substituents is 1. The van der Waals surface area contributed by atoms with Crippen LogP contribution >= 0.6 is 0 Å². The second-order valence-electron chi connectivity index (χ2n) is 7.79. The minimum absolute atomic E-state index is 0.164. The molecule has 8 nitrogen and oxygen atoms in total. The fourth-order valence-electron chi connectivity index (χ4n) is 3.23. The van der Waals surface area contributed by atoms with Crippen LogP contribution in [0, 0.1) is 10.1 Å². The summed E-state index contributed by atoms with van der Waals surface area (Å²) < 4.78 is 25.8. The second kappa shape index (κ2) is 9.84. The molecule has 1 fully saturated rings. The van der Waals surface area contributed by atoms with Gasteiger partial charge in [-0.3, -0.25) is 14.9 Å². The van der Waals surface area contributed by atoms with E-state index in [0.29, 0.717) is 18.7 Å². The van der Waals surface area contributed by atoms with E-state index in [9.17, 15) is 19.3 Å². The highest BCUT2D eigenvalue weighted by Crippen LogP contribution is 2.32. The van der Waals surface area contributed by atoms with Crippen LogP contribution < -0.4 is 5.32 Å². The largest absolute Gasteiger partial charge is 0.376 e. The quantitative estimate of drug-likeness (QED) is 0.483. The van der Waals surface area contributed by atoms with Crippen molar-refractivity contribution < 1.29 is 23.6 Å². The van der Waals surface area contributed by atoms with Gasteiger partial charge in [-0.2, -0.15) is 0 Å². The Hall–Kier alpha value is -3.04. The Balaban J connectivity index is 1.63. The maximum Gasteiger partial charge on any atom is 0.292 e. The van der Waals surface area contributed by atoms with Crippen molar-refractivity contribution in [1.29, 1.82) is 0 Å². The van der Waals surface area contributed by atoms with E-state index in [4.69, 9.17) is 9.47 Å². The number of hydrogen-bond acceptors (Lipinski definition) is 6. The Labute approximate surface area is 180 Å². The zero-order valence-electron chi connectivity index (χ0n) is 17.5. The first-order valence-corrected chi connectivity index (χ1v) is 9.96. The molecule has 1 heterocycles. The Bertz CT molecular complexity index is 923. The number of anilines is 1. The highest BCUT2D eigenvalue weighted by molar-refractivity contribution is 5.83. The molecule has 0 radical (unpaired) electrons. The van der Waals surface area contributed by atoms with E-state index >= 15 is 0 Å². The molecule has 9 heteroatoms. The topological polar surface area (TPSA) is 93.9 Å². The molecule has 0 aromatic heterocycles. The molecule has 2 unspecified atom stereocenters. The molecule has 0 aliphatic carbocycles. The molecule has 1 aliphatic heterocycles. The first-order valence-electron chi connectivity index (χ1n) is 9.96. The van der Waals surface area contributed by atoms with Crippen molar-refractivity contribution in [2.45, 2.75) is 25.3 Å². The predicted octanol–water partition coefficient (Wildman–Crippen LogP) is 3.48. The third kappa shape index (κ3) is 5.99. The molecule has 1 amide bonds. The van der Waals surface area contributed by atoms with E-state index < -0.39 is 16.7 Å². The summed E-state index contributed by atoms with van der Waals surface area (Å²) in [5, 5.41) is 14.4. The summed E-state index contributed by atoms with van der Waals surface area (Å²) in [6.07, 6.45) is -0.885. The van der Waals surface area contributed by atoms with Gasteiger partial charge >= 0.3 is 0 Å². The number of ether oxygens (including phenoxy) is 2. The van der Waals surface area contributed by atoms with Gasteiger partial charge in [0, 0.05) is 19.7 Å². The molecule has 0 saturated carbocycles. The minimum atomic E-state index is -1.74. The summed E-state index contributed by atoms with van der Waals surface area (Å²) in [7, 11) is 1.66. The molecular weight excluding hydrogens is 405 g/mol. The van der Waals surface area contributed by atoms with Crippen molar-refractivity contribution in [3.05, 3.63) is 69.8 Å². The molecule has 1 saturated heterocycles. The van der Waals surface area contributed by atoms with Gasteiger partial charge in [-0.25, -0.2) is 4.39 Å². The van der Waals surface area contributed by atoms with Gasteiger partial charge in [0.15, 0.2) is 6.10 Å². The number of likely N-dealkylation sites (N-methyl/N-ethyl adjacent to an activating group) is 1. The monoisotopic (exact) mass is 431 g/mol. The van der Waals surface area contributed by atoms with Crippen LogP contribution in [0.25, 0.3) is 0 Å². The third-order valence-corrected chi connectivity index (χ3v) is 4.99. The number of carbonyl (C=O) groups excluding carboxylic acids is 1. The second-order valence-corrected chi connectivity index (χ2v) is 7.79. The van der Waals surface area contributed by atoms with Crippen LogP contribution in [0.15, 0.2) is 48.5 Å². The van der Waals surface area contributed by atoms with Crippen molar-refractivity contribution in [1.82, 2.24) is 4.90 Å². The molecule has 166 valence electrons. The van der Waals surface area contributed by atoms with Crippen LogP contribution in [0.3, 0.4) is 0 Å². The maximum absolute atomic E-state index is 14.8. The van der Waals surface area contributed by atoms with Gasteiger partial charge in [0.05, 0.1) is 31.3 Å². The fourth-order valence-corrected chi connectivity index (χ4v) is 3.23. The number of benzene rings is 2. The van der Waals surface area contributed by atoms with Crippen molar-refractivity contribution in [3.63, 3.8) is 0 Å². The Morgan fingerprint density at radius 1 is 1.32 bits per heavy atom. The summed E-state index contributed by atoms with van der Waals surface area (Å²) in [4.78, 5) is 24.8. The molecular formula is C22H26FN3O5. The lowest BCUT2D eigenvalue weighted by molar-refractivity contribution is -0.384. The van der Waals surface area contributed by atoms with Crippen LogP contribution in [0.5, 0.6) is 0 Å². The van der Waals surface area contributed by atoms with E-state index in [1.807, 2.05) is 30.3 Å². The lowest BCUT2D eigenvalue weighted by atomic mass is 10.0. The van der Waals surface area contributed by atoms with Gasteiger partial charge in [0.2, 0.25) is 0 Å². The average Bonchev–Trinajstić information content (AvgIpc) is 2.75. The van der Waals surface area contributed by atoms with Crippen LogP contribution in [-0.2, 0) is 20.9 Å². The Morgan fingerprint density at radius 3 is 2.77 bits per heavy atom. The van der Waals surface area contributed by atoms with E-state index in [1.54, 1.807) is 13.1 Å². The number of nitro groups is 1. The molecule has 2 atom stereocenters.